The minimum Gasteiger partial charge on any atom is -0.472 e. The molecule has 0 fully saturated rings. The van der Waals surface area contributed by atoms with Crippen LogP contribution in [0.25, 0.3) is 55.6 Å². The zero-order chi connectivity index (χ0) is 20.1. The smallest absolute Gasteiger partial charge is 0.181 e. The van der Waals surface area contributed by atoms with E-state index in [-0.39, 0.29) is 0 Å². The molecule has 6 heteroatoms. The lowest BCUT2D eigenvalue weighted by Crippen LogP contribution is -1.86. The first-order valence-electron chi connectivity index (χ1n) is 9.61. The van der Waals surface area contributed by atoms with Crippen molar-refractivity contribution in [3.8, 4) is 33.6 Å². The number of hydrogen-bond donors (Lipinski definition) is 3. The summed E-state index contributed by atoms with van der Waals surface area (Å²) in [5.41, 5.74) is 14.4. The zero-order valence-corrected chi connectivity index (χ0v) is 15.9. The van der Waals surface area contributed by atoms with E-state index in [0.717, 1.165) is 55.6 Å². The molecule has 0 aliphatic rings. The van der Waals surface area contributed by atoms with Gasteiger partial charge in [-0.25, -0.2) is 4.98 Å². The third-order valence-corrected chi connectivity index (χ3v) is 5.40. The largest absolute Gasteiger partial charge is 0.472 e. The first-order chi connectivity index (χ1) is 14.8. The molecule has 0 aliphatic carbocycles. The molecule has 0 spiro atoms. The maximum absolute atomic E-state index is 5.96. The van der Waals surface area contributed by atoms with Crippen LogP contribution in [-0.4, -0.2) is 20.2 Å². The second kappa shape index (κ2) is 6.35. The van der Waals surface area contributed by atoms with Crippen LogP contribution in [0, 0.1) is 0 Å². The fourth-order valence-corrected chi connectivity index (χ4v) is 3.94. The predicted octanol–water partition coefficient (Wildman–Crippen LogP) is 5.62. The average molecular weight is 391 g/mol. The van der Waals surface area contributed by atoms with E-state index in [4.69, 9.17) is 10.2 Å². The molecule has 0 radical (unpaired) electrons. The van der Waals surface area contributed by atoms with Crippen LogP contribution < -0.4 is 5.73 Å². The van der Waals surface area contributed by atoms with Crippen molar-refractivity contribution in [2.45, 2.75) is 0 Å². The Morgan fingerprint density at radius 3 is 2.67 bits per heavy atom. The van der Waals surface area contributed by atoms with Crippen molar-refractivity contribution in [2.75, 3.05) is 5.73 Å². The number of nitrogens with zero attached hydrogens (tertiary/aromatic N) is 2. The molecule has 0 bridgehead atoms. The van der Waals surface area contributed by atoms with Crippen molar-refractivity contribution >= 4 is 27.6 Å². The lowest BCUT2D eigenvalue weighted by molar-refractivity contribution is 0.568. The molecule has 0 saturated carbocycles. The highest BCUT2D eigenvalue weighted by atomic mass is 16.3. The van der Waals surface area contributed by atoms with Crippen LogP contribution in [0.2, 0.25) is 0 Å². The molecule has 4 aromatic heterocycles. The van der Waals surface area contributed by atoms with Gasteiger partial charge in [0.1, 0.15) is 0 Å². The summed E-state index contributed by atoms with van der Waals surface area (Å²) in [7, 11) is 0. The normalized spacial score (nSPS) is 11.5. The summed E-state index contributed by atoms with van der Waals surface area (Å²) >= 11 is 0. The summed E-state index contributed by atoms with van der Waals surface area (Å²) in [6, 6.07) is 20.2. The molecule has 0 atom stereocenters. The third kappa shape index (κ3) is 2.58. The number of aromatic amines is 2. The minimum absolute atomic E-state index is 0.673. The Hall–Kier alpha value is -4.32. The number of nitrogens with one attached hydrogen (secondary N) is 2. The number of fused-ring (bicyclic) bond motifs is 2. The van der Waals surface area contributed by atoms with E-state index in [2.05, 4.69) is 44.4 Å². The van der Waals surface area contributed by atoms with Gasteiger partial charge in [-0.3, -0.25) is 5.10 Å². The zero-order valence-electron chi connectivity index (χ0n) is 15.9. The first kappa shape index (κ1) is 16.6. The topological polar surface area (TPSA) is 96.5 Å². The van der Waals surface area contributed by atoms with Gasteiger partial charge in [-0.15, -0.1) is 0 Å². The SMILES string of the molecule is Nc1cccc(-c2cnc3n[nH]c(-c4cc5c(-c6ccoc6)cccc5[nH]4)c3c2)c1. The van der Waals surface area contributed by atoms with Crippen LogP contribution in [-0.2, 0) is 0 Å². The van der Waals surface area contributed by atoms with Crippen LogP contribution in [0.15, 0.2) is 83.8 Å². The Morgan fingerprint density at radius 1 is 0.867 bits per heavy atom. The van der Waals surface area contributed by atoms with Gasteiger partial charge in [-0.2, -0.15) is 5.10 Å². The fourth-order valence-electron chi connectivity index (χ4n) is 3.94. The van der Waals surface area contributed by atoms with Crippen molar-refractivity contribution in [3.63, 3.8) is 0 Å². The molecule has 30 heavy (non-hydrogen) atoms. The molecule has 0 unspecified atom stereocenters. The van der Waals surface area contributed by atoms with Crippen LogP contribution in [0.4, 0.5) is 5.69 Å². The number of benzene rings is 2. The van der Waals surface area contributed by atoms with Crippen molar-refractivity contribution < 1.29 is 4.42 Å². The molecule has 0 saturated heterocycles. The summed E-state index contributed by atoms with van der Waals surface area (Å²) in [6.45, 7) is 0. The Kier molecular flexibility index (Phi) is 3.52. The maximum Gasteiger partial charge on any atom is 0.181 e. The number of pyridine rings is 1. The number of anilines is 1. The molecule has 4 N–H and O–H groups in total. The van der Waals surface area contributed by atoms with E-state index in [1.54, 1.807) is 12.5 Å². The number of furan rings is 1. The Balaban J connectivity index is 1.52. The minimum atomic E-state index is 0.673. The van der Waals surface area contributed by atoms with Crippen molar-refractivity contribution in [2.24, 2.45) is 0 Å². The monoisotopic (exact) mass is 391 g/mol. The first-order valence-corrected chi connectivity index (χ1v) is 9.61. The number of nitrogen functional groups attached to an aromatic ring is 1. The molecule has 6 nitrogen and oxygen atoms in total. The molecule has 0 aliphatic heterocycles. The number of H-pyrrole nitrogens is 2. The maximum atomic E-state index is 5.96. The van der Waals surface area contributed by atoms with Gasteiger partial charge in [0.2, 0.25) is 0 Å². The highest BCUT2D eigenvalue weighted by Gasteiger charge is 2.15. The predicted molar refractivity (Wildman–Crippen MR) is 119 cm³/mol. The van der Waals surface area contributed by atoms with Gasteiger partial charge >= 0.3 is 0 Å². The van der Waals surface area contributed by atoms with Crippen molar-refractivity contribution in [3.05, 3.63) is 79.4 Å². The van der Waals surface area contributed by atoms with Crippen molar-refractivity contribution in [1.82, 2.24) is 20.2 Å². The van der Waals surface area contributed by atoms with E-state index in [9.17, 15) is 0 Å². The van der Waals surface area contributed by atoms with E-state index in [0.29, 0.717) is 5.65 Å². The number of hydrogen-bond acceptors (Lipinski definition) is 4. The molecule has 2 aromatic carbocycles. The molecule has 6 rings (SSSR count). The van der Waals surface area contributed by atoms with Crippen LogP contribution in [0.1, 0.15) is 0 Å². The van der Waals surface area contributed by atoms with E-state index < -0.39 is 0 Å². The number of aromatic nitrogens is 4. The number of rotatable bonds is 3. The van der Waals surface area contributed by atoms with Gasteiger partial charge in [0, 0.05) is 39.3 Å². The summed E-state index contributed by atoms with van der Waals surface area (Å²) in [4.78, 5) is 8.05. The summed E-state index contributed by atoms with van der Waals surface area (Å²) in [5.74, 6) is 0. The van der Waals surface area contributed by atoms with Gasteiger partial charge < -0.3 is 15.1 Å². The molecular formula is C24H17N5O. The van der Waals surface area contributed by atoms with E-state index >= 15 is 0 Å². The lowest BCUT2D eigenvalue weighted by Gasteiger charge is -2.03. The Labute approximate surface area is 171 Å². The number of nitrogens with two attached hydrogens (primary N) is 1. The van der Waals surface area contributed by atoms with Gasteiger partial charge in [0.05, 0.1) is 23.9 Å². The van der Waals surface area contributed by atoms with Gasteiger partial charge in [-0.05, 0) is 47.5 Å². The van der Waals surface area contributed by atoms with E-state index in [1.165, 1.54) is 0 Å². The van der Waals surface area contributed by atoms with Crippen molar-refractivity contribution in [1.29, 1.82) is 0 Å². The molecule has 144 valence electrons. The Bertz CT molecular complexity index is 1510. The van der Waals surface area contributed by atoms with Crippen LogP contribution in [0.3, 0.4) is 0 Å². The van der Waals surface area contributed by atoms with Gasteiger partial charge in [0.25, 0.3) is 0 Å². The molecule has 4 heterocycles. The highest BCUT2D eigenvalue weighted by molar-refractivity contribution is 6.01. The van der Waals surface area contributed by atoms with Crippen LogP contribution in [0.5, 0.6) is 0 Å². The lowest BCUT2D eigenvalue weighted by atomic mass is 10.0. The van der Waals surface area contributed by atoms with Gasteiger partial charge in [-0.1, -0.05) is 24.3 Å². The fraction of sp³-hybridized carbons (Fsp3) is 0. The molecule has 0 amide bonds. The second-order valence-corrected chi connectivity index (χ2v) is 7.28. The summed E-state index contributed by atoms with van der Waals surface area (Å²) in [6.07, 6.45) is 5.27. The quantitative estimate of drug-likeness (QED) is 0.341. The van der Waals surface area contributed by atoms with E-state index in [1.807, 2.05) is 42.6 Å². The van der Waals surface area contributed by atoms with Gasteiger partial charge in [0.15, 0.2) is 5.65 Å². The molecular weight excluding hydrogens is 374 g/mol. The average Bonchev–Trinajstić information content (AvgIpc) is 3.51. The van der Waals surface area contributed by atoms with Crippen LogP contribution >= 0.6 is 0 Å². The summed E-state index contributed by atoms with van der Waals surface area (Å²) < 4.78 is 5.27. The highest BCUT2D eigenvalue weighted by Crippen LogP contribution is 2.35. The summed E-state index contributed by atoms with van der Waals surface area (Å²) in [5, 5.41) is 9.61. The third-order valence-electron chi connectivity index (χ3n) is 5.40. The Morgan fingerprint density at radius 2 is 1.80 bits per heavy atom. The molecule has 6 aromatic rings. The standard InChI is InChI=1S/C24H17N5O/c25-17-4-1-3-14(9-17)16-10-20-23(28-29-24(20)26-12-16)22-11-19-18(15-7-8-30-13-15)5-2-6-21(19)27-22/h1-13,27H,25H2,(H,26,28,29). The second-order valence-electron chi connectivity index (χ2n) is 7.28.